The Morgan fingerprint density at radius 3 is 2.72 bits per heavy atom. The second-order valence-electron chi connectivity index (χ2n) is 6.60. The number of rotatable bonds is 7. The summed E-state index contributed by atoms with van der Waals surface area (Å²) in [7, 11) is 0. The Balaban J connectivity index is 1.96. The summed E-state index contributed by atoms with van der Waals surface area (Å²) < 4.78 is 7.19. The Morgan fingerprint density at radius 2 is 2.07 bits per heavy atom. The van der Waals surface area contributed by atoms with Gasteiger partial charge in [0, 0.05) is 22.5 Å². The van der Waals surface area contributed by atoms with Crippen LogP contribution >= 0.6 is 23.4 Å². The van der Waals surface area contributed by atoms with Crippen LogP contribution in [0.1, 0.15) is 38.4 Å². The molecule has 10 heteroatoms. The van der Waals surface area contributed by atoms with Gasteiger partial charge in [0.05, 0.1) is 18.2 Å². The van der Waals surface area contributed by atoms with Crippen LogP contribution in [0.3, 0.4) is 0 Å². The van der Waals surface area contributed by atoms with Crippen molar-refractivity contribution in [2.45, 2.75) is 38.0 Å². The van der Waals surface area contributed by atoms with Crippen LogP contribution in [0.15, 0.2) is 47.0 Å². The molecule has 0 aliphatic carbocycles. The third-order valence-corrected chi connectivity index (χ3v) is 5.53. The lowest BCUT2D eigenvalue weighted by Crippen LogP contribution is -2.46. The van der Waals surface area contributed by atoms with Crippen LogP contribution in [-0.4, -0.2) is 39.1 Å². The van der Waals surface area contributed by atoms with E-state index in [9.17, 15) is 9.59 Å². The molecular weight excluding hydrogens is 414 g/mol. The molecule has 3 rings (SSSR count). The third kappa shape index (κ3) is 4.91. The number of benzene rings is 1. The summed E-state index contributed by atoms with van der Waals surface area (Å²) in [6.07, 6.45) is 1.66. The number of carbonyl (C=O) groups is 2. The molecule has 154 valence electrons. The molecule has 2 N–H and O–H groups in total. The van der Waals surface area contributed by atoms with Crippen molar-refractivity contribution in [1.29, 1.82) is 0 Å². The van der Waals surface area contributed by atoms with E-state index in [1.165, 1.54) is 11.8 Å². The SMILES string of the molecule is CCOC(=O)C1=C(CSc2nncn2C(C)C)NC(=O)NC1c1ccc(Cl)cc1. The zero-order chi connectivity index (χ0) is 21.0. The van der Waals surface area contributed by atoms with Crippen molar-refractivity contribution in [3.8, 4) is 0 Å². The quantitative estimate of drug-likeness (QED) is 0.510. The zero-order valence-corrected chi connectivity index (χ0v) is 17.9. The number of halogens is 1. The summed E-state index contributed by atoms with van der Waals surface area (Å²) in [6.45, 7) is 6.02. The maximum absolute atomic E-state index is 12.8. The van der Waals surface area contributed by atoms with Crippen LogP contribution < -0.4 is 10.6 Å². The molecule has 0 fully saturated rings. The monoisotopic (exact) mass is 435 g/mol. The third-order valence-electron chi connectivity index (χ3n) is 4.29. The minimum Gasteiger partial charge on any atom is -0.463 e. The lowest BCUT2D eigenvalue weighted by atomic mass is 9.95. The zero-order valence-electron chi connectivity index (χ0n) is 16.3. The first-order valence-corrected chi connectivity index (χ1v) is 10.5. The van der Waals surface area contributed by atoms with E-state index in [0.717, 1.165) is 5.56 Å². The molecule has 0 saturated heterocycles. The molecule has 2 heterocycles. The van der Waals surface area contributed by atoms with Gasteiger partial charge in [0.15, 0.2) is 5.16 Å². The average Bonchev–Trinajstić information content (AvgIpc) is 3.15. The van der Waals surface area contributed by atoms with Gasteiger partial charge in [-0.25, -0.2) is 9.59 Å². The molecule has 2 amide bonds. The fourth-order valence-corrected chi connectivity index (χ4v) is 4.05. The fraction of sp³-hybridized carbons (Fsp3) is 0.368. The number of ether oxygens (including phenoxy) is 1. The maximum Gasteiger partial charge on any atom is 0.338 e. The van der Waals surface area contributed by atoms with Gasteiger partial charge in [-0.3, -0.25) is 0 Å². The highest BCUT2D eigenvalue weighted by Crippen LogP contribution is 2.31. The first-order chi connectivity index (χ1) is 13.9. The number of nitrogens with one attached hydrogen (secondary N) is 2. The summed E-state index contributed by atoms with van der Waals surface area (Å²) in [5.74, 6) is -0.155. The lowest BCUT2D eigenvalue weighted by molar-refractivity contribution is -0.139. The number of hydrogen-bond donors (Lipinski definition) is 2. The Labute approximate surface area is 178 Å². The molecule has 2 aromatic rings. The van der Waals surface area contributed by atoms with Gasteiger partial charge in [-0.05, 0) is 38.5 Å². The molecule has 1 aromatic carbocycles. The van der Waals surface area contributed by atoms with Gasteiger partial charge in [0.25, 0.3) is 0 Å². The Kier molecular flexibility index (Phi) is 6.81. The summed E-state index contributed by atoms with van der Waals surface area (Å²) in [4.78, 5) is 25.1. The summed E-state index contributed by atoms with van der Waals surface area (Å²) >= 11 is 7.37. The smallest absolute Gasteiger partial charge is 0.338 e. The first-order valence-electron chi connectivity index (χ1n) is 9.16. The first kappa shape index (κ1) is 21.2. The number of nitrogens with zero attached hydrogens (tertiary/aromatic N) is 3. The number of thioether (sulfide) groups is 1. The predicted molar refractivity (Wildman–Crippen MR) is 111 cm³/mol. The van der Waals surface area contributed by atoms with Crippen LogP contribution in [0.25, 0.3) is 0 Å². The minimum absolute atomic E-state index is 0.190. The molecule has 8 nitrogen and oxygen atoms in total. The second kappa shape index (κ2) is 9.32. The highest BCUT2D eigenvalue weighted by atomic mass is 35.5. The number of aromatic nitrogens is 3. The van der Waals surface area contributed by atoms with Gasteiger partial charge in [-0.1, -0.05) is 35.5 Å². The standard InChI is InChI=1S/C19H22ClN5O3S/c1-4-28-17(26)15-14(9-29-19-24-21-10-25(19)11(2)3)22-18(27)23-16(15)12-5-7-13(20)8-6-12/h5-8,10-11,16H,4,9H2,1-3H3,(H2,22,23,27). The van der Waals surface area contributed by atoms with Gasteiger partial charge >= 0.3 is 12.0 Å². The van der Waals surface area contributed by atoms with Gasteiger partial charge in [-0.2, -0.15) is 0 Å². The van der Waals surface area contributed by atoms with Crippen LogP contribution in [-0.2, 0) is 9.53 Å². The Bertz CT molecular complexity index is 926. The van der Waals surface area contributed by atoms with E-state index in [0.29, 0.717) is 27.2 Å². The summed E-state index contributed by atoms with van der Waals surface area (Å²) in [6, 6.07) is 6.14. The van der Waals surface area contributed by atoms with E-state index in [1.54, 1.807) is 37.5 Å². The lowest BCUT2D eigenvalue weighted by Gasteiger charge is -2.29. The Morgan fingerprint density at radius 1 is 1.34 bits per heavy atom. The molecule has 1 aliphatic heterocycles. The topological polar surface area (TPSA) is 98.1 Å². The molecule has 0 bridgehead atoms. The van der Waals surface area contributed by atoms with Crippen molar-refractivity contribution in [1.82, 2.24) is 25.4 Å². The van der Waals surface area contributed by atoms with Gasteiger partial charge in [0.2, 0.25) is 0 Å². The van der Waals surface area contributed by atoms with Gasteiger partial charge in [0.1, 0.15) is 6.33 Å². The molecule has 1 unspecified atom stereocenters. The maximum atomic E-state index is 12.8. The number of esters is 1. The molecule has 0 radical (unpaired) electrons. The van der Waals surface area contributed by atoms with Crippen molar-refractivity contribution >= 4 is 35.4 Å². The average molecular weight is 436 g/mol. The number of urea groups is 1. The number of amides is 2. The van der Waals surface area contributed by atoms with Crippen molar-refractivity contribution in [2.75, 3.05) is 12.4 Å². The van der Waals surface area contributed by atoms with E-state index in [4.69, 9.17) is 16.3 Å². The van der Waals surface area contributed by atoms with Gasteiger partial charge in [-0.15, -0.1) is 10.2 Å². The van der Waals surface area contributed by atoms with E-state index in [-0.39, 0.29) is 18.7 Å². The van der Waals surface area contributed by atoms with Crippen LogP contribution in [0, 0.1) is 0 Å². The van der Waals surface area contributed by atoms with E-state index >= 15 is 0 Å². The number of carbonyl (C=O) groups excluding carboxylic acids is 2. The van der Waals surface area contributed by atoms with E-state index in [2.05, 4.69) is 20.8 Å². The number of hydrogen-bond acceptors (Lipinski definition) is 6. The molecule has 1 atom stereocenters. The highest BCUT2D eigenvalue weighted by Gasteiger charge is 2.33. The van der Waals surface area contributed by atoms with E-state index in [1.807, 2.05) is 18.4 Å². The van der Waals surface area contributed by atoms with Crippen molar-refractivity contribution in [3.63, 3.8) is 0 Å². The predicted octanol–water partition coefficient (Wildman–Crippen LogP) is 3.48. The van der Waals surface area contributed by atoms with Crippen LogP contribution in [0.4, 0.5) is 4.79 Å². The van der Waals surface area contributed by atoms with Crippen LogP contribution in [0.2, 0.25) is 5.02 Å². The van der Waals surface area contributed by atoms with Crippen molar-refractivity contribution < 1.29 is 14.3 Å². The largest absolute Gasteiger partial charge is 0.463 e. The fourth-order valence-electron chi connectivity index (χ4n) is 2.91. The molecule has 0 saturated carbocycles. The second-order valence-corrected chi connectivity index (χ2v) is 7.98. The Hall–Kier alpha value is -2.52. The van der Waals surface area contributed by atoms with Crippen molar-refractivity contribution in [3.05, 3.63) is 52.4 Å². The molecule has 1 aromatic heterocycles. The summed E-state index contributed by atoms with van der Waals surface area (Å²) in [5, 5.41) is 14.9. The highest BCUT2D eigenvalue weighted by molar-refractivity contribution is 7.99. The molecular formula is C19H22ClN5O3S. The molecule has 1 aliphatic rings. The van der Waals surface area contributed by atoms with E-state index < -0.39 is 12.0 Å². The van der Waals surface area contributed by atoms with Gasteiger partial charge < -0.3 is 19.9 Å². The minimum atomic E-state index is -0.640. The molecule has 29 heavy (non-hydrogen) atoms. The normalized spacial score (nSPS) is 16.6. The molecule has 0 spiro atoms. The summed E-state index contributed by atoms with van der Waals surface area (Å²) in [5.41, 5.74) is 1.58. The van der Waals surface area contributed by atoms with Crippen molar-refractivity contribution in [2.24, 2.45) is 0 Å². The van der Waals surface area contributed by atoms with Crippen LogP contribution in [0.5, 0.6) is 0 Å².